The first-order valence-corrected chi connectivity index (χ1v) is 10.4. The second-order valence-corrected chi connectivity index (χ2v) is 8.23. The van der Waals surface area contributed by atoms with Gasteiger partial charge in [0.15, 0.2) is 0 Å². The molecule has 0 unspecified atom stereocenters. The van der Waals surface area contributed by atoms with Gasteiger partial charge in [0.05, 0.1) is 12.9 Å². The fourth-order valence-corrected chi connectivity index (χ4v) is 3.85. The molecule has 1 heterocycles. The molecule has 0 aliphatic rings. The van der Waals surface area contributed by atoms with E-state index >= 15 is 0 Å². The Labute approximate surface area is 158 Å². The average molecular weight is 389 g/mol. The third kappa shape index (κ3) is 5.32. The molecule has 144 valence electrons. The van der Waals surface area contributed by atoms with E-state index in [-0.39, 0.29) is 18.7 Å². The lowest BCUT2D eigenvalue weighted by molar-refractivity contribution is 0.144. The molecular formula is C20H23NO5S. The highest BCUT2D eigenvalue weighted by Crippen LogP contribution is 2.25. The molecule has 27 heavy (non-hydrogen) atoms. The summed E-state index contributed by atoms with van der Waals surface area (Å²) in [7, 11) is -1.83. The Bertz CT molecular complexity index is 946. The summed E-state index contributed by atoms with van der Waals surface area (Å²) in [5.41, 5.74) is 1.62. The molecule has 0 saturated heterocycles. The van der Waals surface area contributed by atoms with Crippen molar-refractivity contribution in [2.45, 2.75) is 18.9 Å². The minimum Gasteiger partial charge on any atom is -0.497 e. The first-order valence-electron chi connectivity index (χ1n) is 8.74. The lowest BCUT2D eigenvalue weighted by Gasteiger charge is -2.10. The summed E-state index contributed by atoms with van der Waals surface area (Å²) in [6, 6.07) is 16.6. The Balaban J connectivity index is 1.47. The van der Waals surface area contributed by atoms with Crippen LogP contribution < -0.4 is 9.46 Å². The Morgan fingerprint density at radius 2 is 1.89 bits per heavy atom. The molecule has 3 rings (SSSR count). The number of fused-ring (bicyclic) bond motifs is 1. The number of benzene rings is 2. The molecular weight excluding hydrogens is 366 g/mol. The topological polar surface area (TPSA) is 88.8 Å². The molecule has 0 aliphatic carbocycles. The number of sulfonamides is 1. The minimum atomic E-state index is -3.42. The number of aliphatic hydroxyl groups is 1. The molecule has 1 aromatic heterocycles. The molecule has 2 aromatic carbocycles. The zero-order valence-corrected chi connectivity index (χ0v) is 15.9. The van der Waals surface area contributed by atoms with Gasteiger partial charge in [-0.15, -0.1) is 0 Å². The van der Waals surface area contributed by atoms with Gasteiger partial charge in [0.2, 0.25) is 10.0 Å². The van der Waals surface area contributed by atoms with E-state index in [1.165, 1.54) is 0 Å². The number of nitrogens with one attached hydrogen (secondary N) is 1. The van der Waals surface area contributed by atoms with E-state index in [0.29, 0.717) is 17.8 Å². The van der Waals surface area contributed by atoms with E-state index in [9.17, 15) is 13.5 Å². The first-order chi connectivity index (χ1) is 13.0. The van der Waals surface area contributed by atoms with E-state index in [0.717, 1.165) is 16.7 Å². The summed E-state index contributed by atoms with van der Waals surface area (Å²) in [5.74, 6) is 1.16. The van der Waals surface area contributed by atoms with Gasteiger partial charge in [-0.1, -0.05) is 30.3 Å². The number of furan rings is 1. The summed E-state index contributed by atoms with van der Waals surface area (Å²) in [6.07, 6.45) is -0.214. The third-order valence-corrected chi connectivity index (χ3v) is 5.72. The quantitative estimate of drug-likeness (QED) is 0.587. The fraction of sp³-hybridized carbons (Fsp3) is 0.300. The summed E-state index contributed by atoms with van der Waals surface area (Å²) in [5, 5.41) is 11.1. The van der Waals surface area contributed by atoms with E-state index in [1.54, 1.807) is 25.3 Å². The van der Waals surface area contributed by atoms with Gasteiger partial charge in [-0.2, -0.15) is 0 Å². The molecule has 1 atom stereocenters. The van der Waals surface area contributed by atoms with Gasteiger partial charge < -0.3 is 14.3 Å². The van der Waals surface area contributed by atoms with E-state index in [2.05, 4.69) is 4.72 Å². The standard InChI is InChI=1S/C20H23NO5S/c1-25-17-8-6-15(7-9-17)11-13-27(23,24)21-12-10-18(22)20-14-16-4-2-3-5-19(16)26-20/h2-9,14,18,21-22H,10-13H2,1H3/t18-/m1/s1. The van der Waals surface area contributed by atoms with Crippen LogP contribution in [-0.2, 0) is 16.4 Å². The van der Waals surface area contributed by atoms with Crippen molar-refractivity contribution in [2.75, 3.05) is 19.4 Å². The van der Waals surface area contributed by atoms with Crippen LogP contribution in [0.3, 0.4) is 0 Å². The maximum absolute atomic E-state index is 12.1. The SMILES string of the molecule is COc1ccc(CCS(=O)(=O)NCC[C@@H](O)c2cc3ccccc3o2)cc1. The minimum absolute atomic E-state index is 0.0138. The molecule has 0 fully saturated rings. The van der Waals surface area contributed by atoms with Crippen molar-refractivity contribution >= 4 is 21.0 Å². The van der Waals surface area contributed by atoms with Gasteiger partial charge >= 0.3 is 0 Å². The second-order valence-electron chi connectivity index (χ2n) is 6.30. The van der Waals surface area contributed by atoms with Crippen LogP contribution in [0, 0.1) is 0 Å². The van der Waals surface area contributed by atoms with Crippen LogP contribution in [0.25, 0.3) is 11.0 Å². The molecule has 6 nitrogen and oxygen atoms in total. The monoisotopic (exact) mass is 389 g/mol. The first kappa shape index (κ1) is 19.4. The average Bonchev–Trinajstić information content (AvgIpc) is 3.11. The Morgan fingerprint density at radius 3 is 2.59 bits per heavy atom. The summed E-state index contributed by atoms with van der Waals surface area (Å²) < 4.78 is 37.5. The highest BCUT2D eigenvalue weighted by atomic mass is 32.2. The molecule has 3 aromatic rings. The van der Waals surface area contributed by atoms with Crippen LogP contribution in [0.2, 0.25) is 0 Å². The number of hydrogen-bond acceptors (Lipinski definition) is 5. The number of ether oxygens (including phenoxy) is 1. The molecule has 0 bridgehead atoms. The van der Waals surface area contributed by atoms with E-state index in [4.69, 9.17) is 9.15 Å². The van der Waals surface area contributed by atoms with Crippen molar-refractivity contribution in [1.29, 1.82) is 0 Å². The molecule has 2 N–H and O–H groups in total. The van der Waals surface area contributed by atoms with Gasteiger partial charge in [-0.3, -0.25) is 0 Å². The van der Waals surface area contributed by atoms with Crippen molar-refractivity contribution in [3.63, 3.8) is 0 Å². The smallest absolute Gasteiger partial charge is 0.211 e. The number of methoxy groups -OCH3 is 1. The van der Waals surface area contributed by atoms with Gasteiger partial charge in [0, 0.05) is 11.9 Å². The molecule has 0 amide bonds. The third-order valence-electron chi connectivity index (χ3n) is 4.33. The normalized spacial score (nSPS) is 13.0. The molecule has 0 spiro atoms. The Kier molecular flexibility index (Phi) is 6.15. The van der Waals surface area contributed by atoms with Crippen molar-refractivity contribution in [2.24, 2.45) is 0 Å². The number of aryl methyl sites for hydroxylation is 1. The number of hydrogen-bond donors (Lipinski definition) is 2. The Morgan fingerprint density at radius 1 is 1.15 bits per heavy atom. The predicted octanol–water partition coefficient (Wildman–Crippen LogP) is 3.03. The van der Waals surface area contributed by atoms with Crippen LogP contribution in [0.5, 0.6) is 5.75 Å². The largest absolute Gasteiger partial charge is 0.497 e. The van der Waals surface area contributed by atoms with Gasteiger partial charge in [-0.05, 0) is 42.7 Å². The van der Waals surface area contributed by atoms with Crippen molar-refractivity contribution in [3.05, 3.63) is 65.9 Å². The maximum atomic E-state index is 12.1. The zero-order chi connectivity index (χ0) is 19.3. The van der Waals surface area contributed by atoms with Crippen LogP contribution in [0.4, 0.5) is 0 Å². The lowest BCUT2D eigenvalue weighted by atomic mass is 10.2. The van der Waals surface area contributed by atoms with Crippen molar-refractivity contribution < 1.29 is 22.7 Å². The summed E-state index contributed by atoms with van der Waals surface area (Å²) in [6.45, 7) is 0.142. The lowest BCUT2D eigenvalue weighted by Crippen LogP contribution is -2.29. The number of rotatable bonds is 9. The zero-order valence-electron chi connectivity index (χ0n) is 15.1. The molecule has 0 radical (unpaired) electrons. The van der Waals surface area contributed by atoms with Gasteiger partial charge in [0.25, 0.3) is 0 Å². The van der Waals surface area contributed by atoms with E-state index in [1.807, 2.05) is 36.4 Å². The van der Waals surface area contributed by atoms with Gasteiger partial charge in [-0.25, -0.2) is 13.1 Å². The highest BCUT2D eigenvalue weighted by Gasteiger charge is 2.15. The van der Waals surface area contributed by atoms with Crippen LogP contribution >= 0.6 is 0 Å². The number of para-hydroxylation sites is 1. The number of aliphatic hydroxyl groups excluding tert-OH is 1. The second kappa shape index (κ2) is 8.56. The predicted molar refractivity (Wildman–Crippen MR) is 104 cm³/mol. The molecule has 0 saturated carbocycles. The van der Waals surface area contributed by atoms with E-state index < -0.39 is 16.1 Å². The summed E-state index contributed by atoms with van der Waals surface area (Å²) in [4.78, 5) is 0. The van der Waals surface area contributed by atoms with Crippen LogP contribution in [0.1, 0.15) is 23.8 Å². The van der Waals surface area contributed by atoms with Crippen LogP contribution in [0.15, 0.2) is 59.0 Å². The molecule has 7 heteroatoms. The Hall–Kier alpha value is -2.35. The molecule has 0 aliphatic heterocycles. The van der Waals surface area contributed by atoms with Crippen molar-refractivity contribution in [1.82, 2.24) is 4.72 Å². The van der Waals surface area contributed by atoms with Crippen LogP contribution in [-0.4, -0.2) is 32.9 Å². The van der Waals surface area contributed by atoms with Crippen molar-refractivity contribution in [3.8, 4) is 5.75 Å². The highest BCUT2D eigenvalue weighted by molar-refractivity contribution is 7.89. The summed E-state index contributed by atoms with van der Waals surface area (Å²) >= 11 is 0. The fourth-order valence-electron chi connectivity index (χ4n) is 2.78. The maximum Gasteiger partial charge on any atom is 0.211 e. The van der Waals surface area contributed by atoms with Gasteiger partial charge in [0.1, 0.15) is 23.2 Å².